The first-order valence-electron chi connectivity index (χ1n) is 7.22. The van der Waals surface area contributed by atoms with Gasteiger partial charge in [0.15, 0.2) is 0 Å². The summed E-state index contributed by atoms with van der Waals surface area (Å²) in [5, 5.41) is 0. The number of hydrogen-bond donors (Lipinski definition) is 0. The van der Waals surface area contributed by atoms with Crippen LogP contribution in [0.2, 0.25) is 0 Å². The standard InChI is InChI=1S/C16H19NO4/c1-3-21-15(19)16-9-12(16)8-14(18)17(16)10-11-4-6-13(20-2)7-5-11/h4-7,12H,3,8-10H2,1-2H3/t12-,16+/m0/s1. The van der Waals surface area contributed by atoms with Crippen molar-refractivity contribution in [2.75, 3.05) is 13.7 Å². The number of likely N-dealkylation sites (tertiary alicyclic amines) is 1. The average Bonchev–Trinajstić information content (AvgIpc) is 3.13. The lowest BCUT2D eigenvalue weighted by molar-refractivity contribution is -0.155. The molecule has 21 heavy (non-hydrogen) atoms. The van der Waals surface area contributed by atoms with Gasteiger partial charge < -0.3 is 14.4 Å². The monoisotopic (exact) mass is 289 g/mol. The van der Waals surface area contributed by atoms with Crippen LogP contribution in [0.25, 0.3) is 0 Å². The molecule has 1 aromatic carbocycles. The summed E-state index contributed by atoms with van der Waals surface area (Å²) in [7, 11) is 1.61. The van der Waals surface area contributed by atoms with Gasteiger partial charge in [0.05, 0.1) is 13.7 Å². The Balaban J connectivity index is 1.79. The van der Waals surface area contributed by atoms with Crippen molar-refractivity contribution in [2.45, 2.75) is 31.8 Å². The fourth-order valence-electron chi connectivity index (χ4n) is 3.19. The zero-order valence-electron chi connectivity index (χ0n) is 12.3. The van der Waals surface area contributed by atoms with E-state index in [1.807, 2.05) is 24.3 Å². The van der Waals surface area contributed by atoms with Crippen LogP contribution in [-0.4, -0.2) is 36.0 Å². The van der Waals surface area contributed by atoms with Crippen molar-refractivity contribution in [3.05, 3.63) is 29.8 Å². The van der Waals surface area contributed by atoms with E-state index in [1.165, 1.54) is 0 Å². The molecule has 1 saturated carbocycles. The summed E-state index contributed by atoms with van der Waals surface area (Å²) >= 11 is 0. The number of rotatable bonds is 5. The van der Waals surface area contributed by atoms with E-state index in [0.717, 1.165) is 17.7 Å². The predicted octanol–water partition coefficient (Wildman–Crippen LogP) is 1.75. The Morgan fingerprint density at radius 1 is 1.38 bits per heavy atom. The molecular formula is C16H19NO4. The van der Waals surface area contributed by atoms with Crippen LogP contribution in [0.3, 0.4) is 0 Å². The Morgan fingerprint density at radius 3 is 2.71 bits per heavy atom. The third-order valence-corrected chi connectivity index (χ3v) is 4.41. The first-order valence-corrected chi connectivity index (χ1v) is 7.22. The normalized spacial score (nSPS) is 26.5. The van der Waals surface area contributed by atoms with E-state index in [2.05, 4.69) is 0 Å². The molecule has 0 radical (unpaired) electrons. The van der Waals surface area contributed by atoms with Crippen molar-refractivity contribution in [1.82, 2.24) is 4.90 Å². The van der Waals surface area contributed by atoms with Gasteiger partial charge in [0, 0.05) is 18.9 Å². The molecule has 2 atom stereocenters. The van der Waals surface area contributed by atoms with Crippen LogP contribution < -0.4 is 4.74 Å². The van der Waals surface area contributed by atoms with Crippen molar-refractivity contribution in [3.63, 3.8) is 0 Å². The summed E-state index contributed by atoms with van der Waals surface area (Å²) in [6, 6.07) is 7.55. The molecule has 5 nitrogen and oxygen atoms in total. The Morgan fingerprint density at radius 2 is 2.10 bits per heavy atom. The van der Waals surface area contributed by atoms with Crippen LogP contribution >= 0.6 is 0 Å². The largest absolute Gasteiger partial charge is 0.497 e. The molecule has 2 fully saturated rings. The highest BCUT2D eigenvalue weighted by atomic mass is 16.5. The van der Waals surface area contributed by atoms with Crippen LogP contribution in [0.15, 0.2) is 24.3 Å². The van der Waals surface area contributed by atoms with Gasteiger partial charge in [0.2, 0.25) is 5.91 Å². The van der Waals surface area contributed by atoms with Gasteiger partial charge in [-0.15, -0.1) is 0 Å². The lowest BCUT2D eigenvalue weighted by Gasteiger charge is -2.27. The van der Waals surface area contributed by atoms with Crippen LogP contribution in [-0.2, 0) is 20.9 Å². The van der Waals surface area contributed by atoms with Gasteiger partial charge >= 0.3 is 5.97 Å². The van der Waals surface area contributed by atoms with Crippen molar-refractivity contribution < 1.29 is 19.1 Å². The Labute approximate surface area is 123 Å². The maximum Gasteiger partial charge on any atom is 0.332 e. The molecule has 1 heterocycles. The van der Waals surface area contributed by atoms with Gasteiger partial charge in [-0.25, -0.2) is 4.79 Å². The number of hydrogen-bond acceptors (Lipinski definition) is 4. The summed E-state index contributed by atoms with van der Waals surface area (Å²) in [5.41, 5.74) is 0.285. The number of benzene rings is 1. The van der Waals surface area contributed by atoms with Gasteiger partial charge in [0.25, 0.3) is 0 Å². The lowest BCUT2D eigenvalue weighted by Crippen LogP contribution is -2.44. The summed E-state index contributed by atoms with van der Waals surface area (Å²) in [4.78, 5) is 26.1. The third-order valence-electron chi connectivity index (χ3n) is 4.41. The molecule has 0 aromatic heterocycles. The smallest absolute Gasteiger partial charge is 0.332 e. The molecule has 1 aromatic rings. The minimum atomic E-state index is -0.701. The Hall–Kier alpha value is -2.04. The average molecular weight is 289 g/mol. The number of fused-ring (bicyclic) bond motifs is 1. The summed E-state index contributed by atoms with van der Waals surface area (Å²) in [5.74, 6) is 0.683. The number of amides is 1. The Bertz CT molecular complexity index is 568. The molecular weight excluding hydrogens is 270 g/mol. The van der Waals surface area contributed by atoms with E-state index in [0.29, 0.717) is 19.6 Å². The molecule has 112 valence electrons. The number of carbonyl (C=O) groups is 2. The van der Waals surface area contributed by atoms with Crippen LogP contribution in [0.1, 0.15) is 25.3 Å². The first-order chi connectivity index (χ1) is 10.1. The summed E-state index contributed by atoms with van der Waals surface area (Å²) < 4.78 is 10.3. The molecule has 3 rings (SSSR count). The SMILES string of the molecule is CCOC(=O)[C@@]12C[C@@H]1CC(=O)N2Cc1ccc(OC)cc1. The zero-order valence-corrected chi connectivity index (χ0v) is 12.3. The van der Waals surface area contributed by atoms with Crippen molar-refractivity contribution >= 4 is 11.9 Å². The van der Waals surface area contributed by atoms with Crippen molar-refractivity contribution in [1.29, 1.82) is 0 Å². The molecule has 1 aliphatic heterocycles. The third kappa shape index (κ3) is 2.17. The first kappa shape index (κ1) is 13.9. The van der Waals surface area contributed by atoms with E-state index in [4.69, 9.17) is 9.47 Å². The second kappa shape index (κ2) is 5.06. The minimum absolute atomic E-state index is 0.0371. The number of ether oxygens (including phenoxy) is 2. The molecule has 0 spiro atoms. The number of methoxy groups -OCH3 is 1. The van der Waals surface area contributed by atoms with Gasteiger partial charge in [-0.1, -0.05) is 12.1 Å². The van der Waals surface area contributed by atoms with E-state index in [-0.39, 0.29) is 17.8 Å². The van der Waals surface area contributed by atoms with Gasteiger partial charge in [-0.05, 0) is 31.0 Å². The van der Waals surface area contributed by atoms with Gasteiger partial charge in [-0.2, -0.15) is 0 Å². The van der Waals surface area contributed by atoms with E-state index in [9.17, 15) is 9.59 Å². The van der Waals surface area contributed by atoms with E-state index < -0.39 is 5.54 Å². The van der Waals surface area contributed by atoms with Crippen molar-refractivity contribution in [3.8, 4) is 5.75 Å². The predicted molar refractivity (Wildman–Crippen MR) is 75.6 cm³/mol. The quantitative estimate of drug-likeness (QED) is 0.775. The molecule has 1 saturated heterocycles. The van der Waals surface area contributed by atoms with Crippen LogP contribution in [0.4, 0.5) is 0 Å². The highest BCUT2D eigenvalue weighted by Crippen LogP contribution is 2.57. The number of carbonyl (C=O) groups excluding carboxylic acids is 2. The van der Waals surface area contributed by atoms with E-state index >= 15 is 0 Å². The van der Waals surface area contributed by atoms with Crippen LogP contribution in [0.5, 0.6) is 5.75 Å². The van der Waals surface area contributed by atoms with Crippen molar-refractivity contribution in [2.24, 2.45) is 5.92 Å². The number of esters is 1. The zero-order chi connectivity index (χ0) is 15.0. The fraction of sp³-hybridized carbons (Fsp3) is 0.500. The second-order valence-corrected chi connectivity index (χ2v) is 5.58. The van der Waals surface area contributed by atoms with E-state index in [1.54, 1.807) is 18.9 Å². The van der Waals surface area contributed by atoms with Gasteiger partial charge in [-0.3, -0.25) is 4.79 Å². The van der Waals surface area contributed by atoms with Gasteiger partial charge in [0.1, 0.15) is 11.3 Å². The highest BCUT2D eigenvalue weighted by molar-refractivity contribution is 5.96. The maximum atomic E-state index is 12.2. The Kier molecular flexibility index (Phi) is 3.35. The topological polar surface area (TPSA) is 55.8 Å². The molecule has 5 heteroatoms. The molecule has 0 unspecified atom stereocenters. The minimum Gasteiger partial charge on any atom is -0.497 e. The maximum absolute atomic E-state index is 12.2. The lowest BCUT2D eigenvalue weighted by atomic mass is 10.1. The summed E-state index contributed by atoms with van der Waals surface area (Å²) in [6.45, 7) is 2.58. The second-order valence-electron chi connectivity index (χ2n) is 5.58. The molecule has 1 aliphatic carbocycles. The number of nitrogens with zero attached hydrogens (tertiary/aromatic N) is 1. The molecule has 2 aliphatic rings. The molecule has 0 N–H and O–H groups in total. The number of piperidine rings is 1. The fourth-order valence-corrected chi connectivity index (χ4v) is 3.19. The summed E-state index contributed by atoms with van der Waals surface area (Å²) in [6.07, 6.45) is 1.18. The molecule has 1 amide bonds. The van der Waals surface area contributed by atoms with Crippen LogP contribution in [0, 0.1) is 5.92 Å². The highest BCUT2D eigenvalue weighted by Gasteiger charge is 2.71. The molecule has 0 bridgehead atoms.